The van der Waals surface area contributed by atoms with Gasteiger partial charge in [-0.15, -0.1) is 0 Å². The lowest BCUT2D eigenvalue weighted by Gasteiger charge is -2.26. The van der Waals surface area contributed by atoms with Gasteiger partial charge >= 0.3 is 12.4 Å². The van der Waals surface area contributed by atoms with E-state index in [-0.39, 0.29) is 23.5 Å². The summed E-state index contributed by atoms with van der Waals surface area (Å²) in [4.78, 5) is 19.0. The maximum Gasteiger partial charge on any atom is 0.416 e. The molecule has 2 aliphatic rings. The number of amidine groups is 1. The van der Waals surface area contributed by atoms with Crippen molar-refractivity contribution in [1.29, 1.82) is 0 Å². The third kappa shape index (κ3) is 6.56. The standard InChI is InChI=1S/C24H20F6N2O3S2/c1-34-19-10-14(11-20-21(33)31-22(37-20)32-6-8-36-9-7-32)2-5-18(19)35-13-15-3-4-16(23(25,26)27)12-17(15)24(28,29)30/h2-5,10-12H,6-9,13H2,1H3/b20-11+. The fourth-order valence-corrected chi connectivity index (χ4v) is 5.50. The fourth-order valence-electron chi connectivity index (χ4n) is 3.63. The molecule has 198 valence electrons. The van der Waals surface area contributed by atoms with Gasteiger partial charge in [-0.25, -0.2) is 0 Å². The highest BCUT2D eigenvalue weighted by Gasteiger charge is 2.38. The Labute approximate surface area is 216 Å². The SMILES string of the molecule is COc1cc(/C=C2/SC(N3CCSCC3)=NC2=O)ccc1OCc1ccc(C(F)(F)F)cc1C(F)(F)F. The van der Waals surface area contributed by atoms with E-state index in [1.807, 2.05) is 11.8 Å². The van der Waals surface area contributed by atoms with Gasteiger partial charge in [0.1, 0.15) is 6.61 Å². The molecule has 0 unspecified atom stereocenters. The number of hydrogen-bond donors (Lipinski definition) is 0. The number of hydrogen-bond acceptors (Lipinski definition) is 6. The summed E-state index contributed by atoms with van der Waals surface area (Å²) in [6.07, 6.45) is -8.28. The van der Waals surface area contributed by atoms with Crippen molar-refractivity contribution in [1.82, 2.24) is 4.90 Å². The Kier molecular flexibility index (Phi) is 8.02. The Morgan fingerprint density at radius 1 is 1.00 bits per heavy atom. The number of nitrogens with zero attached hydrogens (tertiary/aromatic N) is 2. The van der Waals surface area contributed by atoms with Crippen molar-refractivity contribution in [2.24, 2.45) is 4.99 Å². The van der Waals surface area contributed by atoms with E-state index >= 15 is 0 Å². The lowest BCUT2D eigenvalue weighted by atomic mass is 10.0. The summed E-state index contributed by atoms with van der Waals surface area (Å²) in [6, 6.07) is 5.99. The van der Waals surface area contributed by atoms with Crippen molar-refractivity contribution in [2.45, 2.75) is 19.0 Å². The van der Waals surface area contributed by atoms with Crippen LogP contribution in [-0.2, 0) is 23.8 Å². The van der Waals surface area contributed by atoms with Gasteiger partial charge < -0.3 is 14.4 Å². The number of aliphatic imine (C=N–C) groups is 1. The van der Waals surface area contributed by atoms with Crippen LogP contribution in [0.4, 0.5) is 26.3 Å². The van der Waals surface area contributed by atoms with Crippen molar-refractivity contribution in [3.63, 3.8) is 0 Å². The molecule has 0 atom stereocenters. The van der Waals surface area contributed by atoms with Crippen LogP contribution in [0.25, 0.3) is 6.08 Å². The molecule has 0 spiro atoms. The summed E-state index contributed by atoms with van der Waals surface area (Å²) >= 11 is 3.11. The first-order valence-corrected chi connectivity index (χ1v) is 12.9. The largest absolute Gasteiger partial charge is 0.493 e. The van der Waals surface area contributed by atoms with Crippen molar-refractivity contribution in [3.05, 3.63) is 63.6 Å². The van der Waals surface area contributed by atoms with E-state index in [9.17, 15) is 31.1 Å². The Morgan fingerprint density at radius 3 is 2.38 bits per heavy atom. The smallest absolute Gasteiger partial charge is 0.416 e. The van der Waals surface area contributed by atoms with E-state index in [2.05, 4.69) is 9.89 Å². The topological polar surface area (TPSA) is 51.1 Å². The third-order valence-electron chi connectivity index (χ3n) is 5.50. The molecule has 2 heterocycles. The van der Waals surface area contributed by atoms with Crippen LogP contribution in [0.15, 0.2) is 46.3 Å². The summed E-state index contributed by atoms with van der Waals surface area (Å²) < 4.78 is 89.7. The molecule has 0 bridgehead atoms. The number of halogens is 6. The predicted octanol–water partition coefficient (Wildman–Crippen LogP) is 6.33. The zero-order chi connectivity index (χ0) is 26.8. The first kappa shape index (κ1) is 27.2. The molecule has 1 fully saturated rings. The Balaban J connectivity index is 1.50. The van der Waals surface area contributed by atoms with Gasteiger partial charge in [-0.3, -0.25) is 4.79 Å². The minimum Gasteiger partial charge on any atom is -0.493 e. The highest BCUT2D eigenvalue weighted by atomic mass is 32.2. The van der Waals surface area contributed by atoms with Crippen LogP contribution in [0.3, 0.4) is 0 Å². The van der Waals surface area contributed by atoms with Crippen molar-refractivity contribution in [3.8, 4) is 11.5 Å². The zero-order valence-electron chi connectivity index (χ0n) is 19.3. The molecule has 0 saturated carbocycles. The minimum atomic E-state index is -5.00. The van der Waals surface area contributed by atoms with Gasteiger partial charge in [0.2, 0.25) is 0 Å². The van der Waals surface area contributed by atoms with E-state index in [0.29, 0.717) is 21.7 Å². The van der Waals surface area contributed by atoms with E-state index in [4.69, 9.17) is 9.47 Å². The minimum absolute atomic E-state index is 0.0700. The maximum atomic E-state index is 13.4. The summed E-state index contributed by atoms with van der Waals surface area (Å²) in [6.45, 7) is 0.987. The Hall–Kier alpha value is -2.80. The molecule has 2 aromatic rings. The van der Waals surface area contributed by atoms with Gasteiger partial charge in [0.15, 0.2) is 16.7 Å². The number of carbonyl (C=O) groups excluding carboxylic acids is 1. The average molecular weight is 563 g/mol. The van der Waals surface area contributed by atoms with Gasteiger partial charge in [-0.05, 0) is 47.7 Å². The quantitative estimate of drug-likeness (QED) is 0.314. The number of thioether (sulfide) groups is 2. The Morgan fingerprint density at radius 2 is 1.73 bits per heavy atom. The lowest BCUT2D eigenvalue weighted by molar-refractivity contribution is -0.143. The zero-order valence-corrected chi connectivity index (χ0v) is 20.9. The van der Waals surface area contributed by atoms with Crippen molar-refractivity contribution in [2.75, 3.05) is 31.7 Å². The van der Waals surface area contributed by atoms with Gasteiger partial charge in [0.25, 0.3) is 5.91 Å². The highest BCUT2D eigenvalue weighted by Crippen LogP contribution is 2.39. The van der Waals surface area contributed by atoms with Crippen LogP contribution in [0, 0.1) is 0 Å². The Bertz CT molecular complexity index is 1240. The molecule has 2 aromatic carbocycles. The molecular formula is C24H20F6N2O3S2. The molecule has 0 N–H and O–H groups in total. The van der Waals surface area contributed by atoms with E-state index in [0.717, 1.165) is 30.7 Å². The fraction of sp³-hybridized carbons (Fsp3) is 0.333. The number of rotatable bonds is 5. The second kappa shape index (κ2) is 10.9. The van der Waals surface area contributed by atoms with E-state index < -0.39 is 35.6 Å². The van der Waals surface area contributed by atoms with Crippen molar-refractivity contribution < 1.29 is 40.6 Å². The first-order chi connectivity index (χ1) is 17.5. The van der Waals surface area contributed by atoms with Gasteiger partial charge in [-0.1, -0.05) is 12.1 Å². The molecule has 4 rings (SSSR count). The predicted molar refractivity (Wildman–Crippen MR) is 131 cm³/mol. The molecule has 13 heteroatoms. The molecule has 0 aromatic heterocycles. The highest BCUT2D eigenvalue weighted by molar-refractivity contribution is 8.18. The maximum absolute atomic E-state index is 13.4. The number of ether oxygens (including phenoxy) is 2. The van der Waals surface area contributed by atoms with Crippen molar-refractivity contribution >= 4 is 40.7 Å². The summed E-state index contributed by atoms with van der Waals surface area (Å²) in [5, 5.41) is 0.653. The first-order valence-electron chi connectivity index (χ1n) is 10.9. The summed E-state index contributed by atoms with van der Waals surface area (Å²) in [5.74, 6) is 1.83. The van der Waals surface area contributed by atoms with Gasteiger partial charge in [0, 0.05) is 30.2 Å². The lowest BCUT2D eigenvalue weighted by Crippen LogP contribution is -2.35. The number of carbonyl (C=O) groups is 1. The number of alkyl halides is 6. The van der Waals surface area contributed by atoms with Gasteiger partial charge in [-0.2, -0.15) is 43.1 Å². The van der Waals surface area contributed by atoms with Crippen LogP contribution in [0.1, 0.15) is 22.3 Å². The number of benzene rings is 2. The second-order valence-corrected chi connectivity index (χ2v) is 10.2. The molecule has 2 aliphatic heterocycles. The summed E-state index contributed by atoms with van der Waals surface area (Å²) in [5.41, 5.74) is -2.70. The second-order valence-electron chi connectivity index (χ2n) is 7.98. The number of amides is 1. The van der Waals surface area contributed by atoms with Crippen LogP contribution in [0.2, 0.25) is 0 Å². The van der Waals surface area contributed by atoms with E-state index in [1.165, 1.54) is 24.9 Å². The molecule has 1 amide bonds. The normalized spacial score (nSPS) is 17.8. The molecular weight excluding hydrogens is 542 g/mol. The molecule has 1 saturated heterocycles. The number of methoxy groups -OCH3 is 1. The molecule has 0 radical (unpaired) electrons. The van der Waals surface area contributed by atoms with Crippen LogP contribution < -0.4 is 9.47 Å². The third-order valence-corrected chi connectivity index (χ3v) is 7.49. The monoisotopic (exact) mass is 562 g/mol. The van der Waals surface area contributed by atoms with E-state index in [1.54, 1.807) is 18.2 Å². The van der Waals surface area contributed by atoms with Crippen LogP contribution in [-0.4, -0.2) is 47.7 Å². The van der Waals surface area contributed by atoms with Gasteiger partial charge in [0.05, 0.1) is 23.1 Å². The molecule has 37 heavy (non-hydrogen) atoms. The van der Waals surface area contributed by atoms with Crippen LogP contribution in [0.5, 0.6) is 11.5 Å². The molecule has 5 nitrogen and oxygen atoms in total. The summed E-state index contributed by atoms with van der Waals surface area (Å²) in [7, 11) is 1.34. The molecule has 0 aliphatic carbocycles. The average Bonchev–Trinajstić information content (AvgIpc) is 3.22. The van der Waals surface area contributed by atoms with Crippen LogP contribution >= 0.6 is 23.5 Å².